The van der Waals surface area contributed by atoms with Gasteiger partial charge in [0.05, 0.1) is 30.3 Å². The Morgan fingerprint density at radius 3 is 2.19 bits per heavy atom. The van der Waals surface area contributed by atoms with Crippen LogP contribution in [0.1, 0.15) is 75.0 Å². The summed E-state index contributed by atoms with van der Waals surface area (Å²) in [5, 5.41) is 26.9. The zero-order valence-electron chi connectivity index (χ0n) is 39.0. The second kappa shape index (κ2) is 25.8. The molecule has 2 unspecified atom stereocenters. The molecule has 6 rings (SSSR count). The summed E-state index contributed by atoms with van der Waals surface area (Å²) in [6.07, 6.45) is -0.616. The lowest BCUT2D eigenvalue weighted by Gasteiger charge is -2.31. The molecule has 2 aliphatic rings. The molecule has 2 fully saturated rings. The smallest absolute Gasteiger partial charge is 0.408 e. The van der Waals surface area contributed by atoms with Gasteiger partial charge in [-0.15, -0.1) is 0 Å². The third kappa shape index (κ3) is 14.5. The van der Waals surface area contributed by atoms with Crippen LogP contribution < -0.4 is 31.4 Å². The molecule has 0 radical (unpaired) electrons. The molecule has 70 heavy (non-hydrogen) atoms. The van der Waals surface area contributed by atoms with Gasteiger partial charge in [-0.25, -0.2) is 14.4 Å². The van der Waals surface area contributed by atoms with E-state index in [1.54, 1.807) is 75.5 Å². The highest BCUT2D eigenvalue weighted by atomic mass is 35.5. The van der Waals surface area contributed by atoms with E-state index in [-0.39, 0.29) is 29.1 Å². The van der Waals surface area contributed by atoms with E-state index in [4.69, 9.17) is 79.6 Å². The van der Waals surface area contributed by atoms with Crippen LogP contribution in [0, 0.1) is 0 Å². The topological polar surface area (TPSA) is 224 Å². The molecule has 3 aromatic carbocycles. The van der Waals surface area contributed by atoms with Crippen molar-refractivity contribution in [2.75, 3.05) is 34.5 Å². The molecule has 0 bridgehead atoms. The summed E-state index contributed by atoms with van der Waals surface area (Å²) in [6, 6.07) is 14.6. The van der Waals surface area contributed by atoms with Crippen LogP contribution in [-0.4, -0.2) is 108 Å². The highest BCUT2D eigenvalue weighted by Gasteiger charge is 2.60. The monoisotopic (exact) mass is 1050 g/mol. The number of alkyl carbamates (subject to hydrolysis) is 1. The summed E-state index contributed by atoms with van der Waals surface area (Å²) in [4.78, 5) is 61.8. The number of nitrogens with one attached hydrogen (secondary N) is 2. The lowest BCUT2D eigenvalue weighted by atomic mass is 9.99. The third-order valence-corrected chi connectivity index (χ3v) is 12.3. The Morgan fingerprint density at radius 1 is 0.900 bits per heavy atom. The van der Waals surface area contributed by atoms with Gasteiger partial charge in [-0.2, -0.15) is 0 Å². The number of carboxylic acids is 1. The molecule has 7 atom stereocenters. The predicted octanol–water partition coefficient (Wildman–Crippen LogP) is 7.32. The Balaban J connectivity index is 0.000000277. The van der Waals surface area contributed by atoms with Crippen LogP contribution in [0.25, 0.3) is 0 Å². The first-order valence-electron chi connectivity index (χ1n) is 22.0. The van der Waals surface area contributed by atoms with Gasteiger partial charge in [0.2, 0.25) is 5.91 Å². The highest BCUT2D eigenvalue weighted by Crippen LogP contribution is 2.45. The molecule has 2 amide bonds. The number of carbonyl (C=O) groups is 3. The highest BCUT2D eigenvalue weighted by molar-refractivity contribution is 6.37. The molecule has 0 saturated carbocycles. The number of aliphatic hydroxyl groups excluding tert-OH is 1. The molecular formula is C48H56Cl4N4O14. The molecule has 380 valence electrons. The van der Waals surface area contributed by atoms with E-state index in [1.807, 2.05) is 0 Å². The van der Waals surface area contributed by atoms with E-state index >= 15 is 0 Å². The van der Waals surface area contributed by atoms with Gasteiger partial charge in [0.25, 0.3) is 5.56 Å². The Kier molecular flexibility index (Phi) is 20.6. The number of aromatic nitrogens is 2. The van der Waals surface area contributed by atoms with Gasteiger partial charge in [0, 0.05) is 54.0 Å². The molecule has 2 saturated heterocycles. The van der Waals surface area contributed by atoms with Crippen molar-refractivity contribution in [2.45, 2.75) is 101 Å². The summed E-state index contributed by atoms with van der Waals surface area (Å²) in [5.74, 6) is -1.32. The summed E-state index contributed by atoms with van der Waals surface area (Å²) < 4.78 is 41.8. The first-order chi connectivity index (χ1) is 33.3. The van der Waals surface area contributed by atoms with Crippen LogP contribution in [0.2, 0.25) is 20.1 Å². The quantitative estimate of drug-likeness (QED) is 0.0474. The van der Waals surface area contributed by atoms with Crippen molar-refractivity contribution >= 4 is 64.4 Å². The predicted molar refractivity (Wildman–Crippen MR) is 261 cm³/mol. The SMILES string of the molecule is C=CCOC(=O)N[C@H](C(=O)O)[C@H](OC)[C@H]1O[C@@H](n2ccc(=O)n(Cc3ccc(OC)cc3)c2=O)C2OC(C)(C)O[C@H]21.CNC(=O)CCCCCCOc1cc(Cl)c(C(O)c2ccc(Cl)cc2Cl)c(Cl)c1. The molecule has 18 nitrogen and oxygen atoms in total. The number of benzene rings is 3. The van der Waals surface area contributed by atoms with E-state index in [0.29, 0.717) is 51.3 Å². The number of nitrogens with zero attached hydrogens (tertiary/aromatic N) is 2. The van der Waals surface area contributed by atoms with Crippen molar-refractivity contribution in [1.82, 2.24) is 19.8 Å². The first-order valence-corrected chi connectivity index (χ1v) is 23.5. The molecule has 3 heterocycles. The number of carbonyl (C=O) groups excluding carboxylic acids is 2. The molecule has 0 aliphatic carbocycles. The van der Waals surface area contributed by atoms with Gasteiger partial charge in [-0.3, -0.25) is 18.7 Å². The number of unbranched alkanes of at least 4 members (excludes halogenated alkanes) is 3. The maximum atomic E-state index is 13.6. The fourth-order valence-corrected chi connectivity index (χ4v) is 8.95. The number of rotatable bonds is 21. The maximum Gasteiger partial charge on any atom is 0.408 e. The normalized spacial score (nSPS) is 19.1. The van der Waals surface area contributed by atoms with Crippen LogP contribution >= 0.6 is 46.4 Å². The van der Waals surface area contributed by atoms with Crippen molar-refractivity contribution in [3.63, 3.8) is 0 Å². The summed E-state index contributed by atoms with van der Waals surface area (Å²) in [7, 11) is 4.43. The minimum atomic E-state index is -1.62. The lowest BCUT2D eigenvalue weighted by molar-refractivity contribution is -0.212. The molecule has 22 heteroatoms. The summed E-state index contributed by atoms with van der Waals surface area (Å²) in [5.41, 5.74) is 0.302. The number of amides is 2. The molecule has 4 N–H and O–H groups in total. The van der Waals surface area contributed by atoms with Gasteiger partial charge in [-0.05, 0) is 68.7 Å². The van der Waals surface area contributed by atoms with Crippen molar-refractivity contribution in [3.8, 4) is 11.5 Å². The van der Waals surface area contributed by atoms with Gasteiger partial charge in [-0.1, -0.05) is 90.1 Å². The summed E-state index contributed by atoms with van der Waals surface area (Å²) in [6.45, 7) is 7.12. The van der Waals surface area contributed by atoms with Crippen LogP contribution in [0.4, 0.5) is 4.79 Å². The van der Waals surface area contributed by atoms with Gasteiger partial charge < -0.3 is 54.0 Å². The van der Waals surface area contributed by atoms with E-state index in [9.17, 15) is 34.2 Å². The van der Waals surface area contributed by atoms with Crippen molar-refractivity contribution < 1.29 is 57.8 Å². The van der Waals surface area contributed by atoms with Gasteiger partial charge in [0.15, 0.2) is 18.1 Å². The van der Waals surface area contributed by atoms with Gasteiger partial charge in [0.1, 0.15) is 48.6 Å². The Labute approximate surface area is 424 Å². The van der Waals surface area contributed by atoms with E-state index in [2.05, 4.69) is 17.2 Å². The average Bonchev–Trinajstić information content (AvgIpc) is 3.81. The molecule has 0 spiro atoms. The fourth-order valence-electron chi connectivity index (χ4n) is 7.77. The lowest BCUT2D eigenvalue weighted by Crippen LogP contribution is -2.56. The number of hydrogen-bond donors (Lipinski definition) is 4. The first kappa shape index (κ1) is 55.8. The number of methoxy groups -OCH3 is 2. The van der Waals surface area contributed by atoms with E-state index in [0.717, 1.165) is 30.3 Å². The minimum absolute atomic E-state index is 0.0197. The number of carboxylic acid groups (broad SMARTS) is 1. The standard InChI is InChI=1S/C27H33N3O11.C21H23Cl4NO3/c1-6-13-38-25(34)28-18(24(32)33)19(37-5)20-21-22(41-27(2,3)40-21)23(39-20)29-12-11-17(31)30(26(29)35)14-15-7-9-16(36-4)10-8-15;1-26-19(27)6-4-2-3-5-9-29-14-11-17(24)20(18(25)12-14)21(28)15-8-7-13(22)10-16(15)23/h6-12,18-23H,1,13-14H2,2-5H3,(H,28,34)(H,32,33);7-8,10-12,21,28H,2-6,9H2,1H3,(H,26,27)/t18-,19-,20+,21-,22?,23+;/m0./s1. The average molecular weight is 1050 g/mol. The van der Waals surface area contributed by atoms with E-state index in [1.165, 1.54) is 37.1 Å². The van der Waals surface area contributed by atoms with Crippen LogP contribution in [0.15, 0.2) is 89.1 Å². The van der Waals surface area contributed by atoms with Crippen molar-refractivity contribution in [2.24, 2.45) is 0 Å². The van der Waals surface area contributed by atoms with Crippen molar-refractivity contribution in [1.29, 1.82) is 0 Å². The second-order valence-corrected chi connectivity index (χ2v) is 18.1. The number of aliphatic hydroxyl groups is 1. The zero-order valence-corrected chi connectivity index (χ0v) is 42.1. The van der Waals surface area contributed by atoms with E-state index < -0.39 is 71.9 Å². The Morgan fingerprint density at radius 2 is 1.57 bits per heavy atom. The summed E-state index contributed by atoms with van der Waals surface area (Å²) >= 11 is 24.8. The van der Waals surface area contributed by atoms with Crippen LogP contribution in [0.5, 0.6) is 11.5 Å². The number of hydrogen-bond acceptors (Lipinski definition) is 13. The minimum Gasteiger partial charge on any atom is -0.497 e. The fraction of sp³-hybridized carbons (Fsp3) is 0.438. The number of aliphatic carboxylic acids is 1. The van der Waals surface area contributed by atoms with Crippen LogP contribution in [0.3, 0.4) is 0 Å². The van der Waals surface area contributed by atoms with Gasteiger partial charge >= 0.3 is 17.8 Å². The largest absolute Gasteiger partial charge is 0.497 e. The maximum absolute atomic E-state index is 13.6. The zero-order chi connectivity index (χ0) is 51.3. The number of halogens is 4. The number of fused-ring (bicyclic) bond motifs is 1. The number of ether oxygens (including phenoxy) is 7. The molecular weight excluding hydrogens is 998 g/mol. The molecule has 4 aromatic rings. The third-order valence-electron chi connectivity index (χ3n) is 11.2. The molecule has 2 aliphatic heterocycles. The van der Waals surface area contributed by atoms with Crippen LogP contribution in [-0.2, 0) is 39.8 Å². The Hall–Kier alpha value is -5.15. The Bertz CT molecular complexity index is 2550. The molecule has 1 aromatic heterocycles. The second-order valence-electron chi connectivity index (χ2n) is 16.4. The van der Waals surface area contributed by atoms with Crippen molar-refractivity contribution in [3.05, 3.63) is 137 Å².